The van der Waals surface area contributed by atoms with Crippen LogP contribution in [0.15, 0.2) is 48.5 Å². The molecule has 5 nitrogen and oxygen atoms in total. The fraction of sp³-hybridized carbons (Fsp3) is 0.364. The van der Waals surface area contributed by atoms with E-state index in [1.807, 2.05) is 49.9 Å². The van der Waals surface area contributed by atoms with Crippen molar-refractivity contribution in [2.45, 2.75) is 38.6 Å². The summed E-state index contributed by atoms with van der Waals surface area (Å²) in [6.07, 6.45) is 0.209. The van der Waals surface area contributed by atoms with Crippen molar-refractivity contribution in [2.24, 2.45) is 0 Å². The molecular formula is C22H26N2O3S. The molecule has 6 heteroatoms. The molecule has 2 amide bonds. The van der Waals surface area contributed by atoms with Crippen LogP contribution in [0, 0.1) is 13.8 Å². The highest BCUT2D eigenvalue weighted by Gasteiger charge is 2.37. The average Bonchev–Trinajstić information content (AvgIpc) is 3.06. The maximum absolute atomic E-state index is 12.5. The number of benzene rings is 2. The zero-order valence-corrected chi connectivity index (χ0v) is 17.3. The van der Waals surface area contributed by atoms with E-state index in [9.17, 15) is 9.59 Å². The number of hydrogen-bond acceptors (Lipinski definition) is 4. The summed E-state index contributed by atoms with van der Waals surface area (Å²) in [4.78, 5) is 26.6. The highest BCUT2D eigenvalue weighted by Crippen LogP contribution is 2.40. The molecule has 2 atom stereocenters. The van der Waals surface area contributed by atoms with E-state index in [4.69, 9.17) is 4.74 Å². The molecule has 3 rings (SSSR count). The van der Waals surface area contributed by atoms with Crippen molar-refractivity contribution in [2.75, 3.05) is 17.7 Å². The minimum atomic E-state index is -0.506. The minimum Gasteiger partial charge on any atom is -0.447 e. The summed E-state index contributed by atoms with van der Waals surface area (Å²) in [5, 5.41) is 2.69. The van der Waals surface area contributed by atoms with Gasteiger partial charge in [0.25, 0.3) is 0 Å². The Labute approximate surface area is 170 Å². The number of aryl methyl sites for hydroxylation is 2. The Hall–Kier alpha value is -2.47. The number of carbonyl (C=O) groups excluding carboxylic acids is 2. The summed E-state index contributed by atoms with van der Waals surface area (Å²) in [6, 6.07) is 15.6. The molecule has 1 saturated heterocycles. The van der Waals surface area contributed by atoms with Crippen LogP contribution >= 0.6 is 11.8 Å². The number of anilines is 1. The van der Waals surface area contributed by atoms with Crippen LogP contribution in [0.5, 0.6) is 0 Å². The molecule has 0 aromatic heterocycles. The van der Waals surface area contributed by atoms with Crippen molar-refractivity contribution in [3.63, 3.8) is 0 Å². The topological polar surface area (TPSA) is 58.6 Å². The number of amides is 2. The minimum absolute atomic E-state index is 0.0400. The van der Waals surface area contributed by atoms with Crippen molar-refractivity contribution in [3.8, 4) is 0 Å². The van der Waals surface area contributed by atoms with Crippen LogP contribution < -0.4 is 5.32 Å². The van der Waals surface area contributed by atoms with Crippen molar-refractivity contribution in [3.05, 3.63) is 65.2 Å². The monoisotopic (exact) mass is 398 g/mol. The van der Waals surface area contributed by atoms with Gasteiger partial charge in [0.1, 0.15) is 12.0 Å². The Morgan fingerprint density at radius 1 is 1.14 bits per heavy atom. The van der Waals surface area contributed by atoms with Crippen LogP contribution in [0.1, 0.15) is 35.4 Å². The van der Waals surface area contributed by atoms with Crippen molar-refractivity contribution in [1.29, 1.82) is 0 Å². The molecule has 0 saturated carbocycles. The van der Waals surface area contributed by atoms with E-state index >= 15 is 0 Å². The number of carbonyl (C=O) groups is 2. The van der Waals surface area contributed by atoms with E-state index in [2.05, 4.69) is 29.6 Å². The van der Waals surface area contributed by atoms with Gasteiger partial charge in [-0.15, -0.1) is 11.8 Å². The largest absolute Gasteiger partial charge is 0.447 e. The Bertz CT molecular complexity index is 821. The summed E-state index contributed by atoms with van der Waals surface area (Å²) >= 11 is 1.62. The standard InChI is InChI=1S/C22H26N2O3S/c1-4-19(13-27-22(26)23-18-11-7-16(3)8-12-18)24-20(25)14-28-21(24)17-9-5-15(2)6-10-17/h5-12,19,21H,4,13-14H2,1-3H3,(H,23,26)/t19-,21+/m0/s1. The zero-order chi connectivity index (χ0) is 20.1. The van der Waals surface area contributed by atoms with Gasteiger partial charge in [0.2, 0.25) is 5.91 Å². The number of thioether (sulfide) groups is 1. The number of nitrogens with zero attached hydrogens (tertiary/aromatic N) is 1. The lowest BCUT2D eigenvalue weighted by Gasteiger charge is -2.32. The molecule has 0 radical (unpaired) electrons. The zero-order valence-electron chi connectivity index (χ0n) is 16.5. The fourth-order valence-corrected chi connectivity index (χ4v) is 4.43. The molecule has 1 fully saturated rings. The number of rotatable bonds is 6. The maximum atomic E-state index is 12.5. The van der Waals surface area contributed by atoms with Crippen LogP contribution in [0.4, 0.5) is 10.5 Å². The van der Waals surface area contributed by atoms with Crippen LogP contribution in [0.25, 0.3) is 0 Å². The predicted molar refractivity (Wildman–Crippen MR) is 113 cm³/mol. The second-order valence-electron chi connectivity index (χ2n) is 7.03. The van der Waals surface area contributed by atoms with Gasteiger partial charge in [-0.1, -0.05) is 54.4 Å². The molecule has 0 spiro atoms. The molecule has 1 heterocycles. The second-order valence-corrected chi connectivity index (χ2v) is 8.10. The SMILES string of the molecule is CC[C@@H](COC(=O)Nc1ccc(C)cc1)N1C(=O)CS[C@@H]1c1ccc(C)cc1. The van der Waals surface area contributed by atoms with Gasteiger partial charge in [-0.25, -0.2) is 4.79 Å². The lowest BCUT2D eigenvalue weighted by Crippen LogP contribution is -2.41. The Morgan fingerprint density at radius 2 is 1.75 bits per heavy atom. The summed E-state index contributed by atoms with van der Waals surface area (Å²) in [6.45, 7) is 6.21. The Balaban J connectivity index is 1.63. The third kappa shape index (κ3) is 4.87. The molecule has 2 aromatic rings. The van der Waals surface area contributed by atoms with E-state index in [1.165, 1.54) is 5.56 Å². The molecule has 0 aliphatic carbocycles. The average molecular weight is 399 g/mol. The smallest absolute Gasteiger partial charge is 0.411 e. The first-order valence-electron chi connectivity index (χ1n) is 9.47. The van der Waals surface area contributed by atoms with Crippen LogP contribution in [0.3, 0.4) is 0 Å². The van der Waals surface area contributed by atoms with E-state index in [0.29, 0.717) is 17.9 Å². The third-order valence-electron chi connectivity index (χ3n) is 4.84. The third-order valence-corrected chi connectivity index (χ3v) is 6.07. The van der Waals surface area contributed by atoms with E-state index in [0.717, 1.165) is 11.1 Å². The first kappa shape index (κ1) is 20.3. The lowest BCUT2D eigenvalue weighted by molar-refractivity contribution is -0.131. The Morgan fingerprint density at radius 3 is 2.36 bits per heavy atom. The molecule has 0 bridgehead atoms. The Kier molecular flexibility index (Phi) is 6.62. The molecule has 0 unspecified atom stereocenters. The van der Waals surface area contributed by atoms with Gasteiger partial charge in [-0.3, -0.25) is 10.1 Å². The first-order chi connectivity index (χ1) is 13.5. The van der Waals surface area contributed by atoms with E-state index in [-0.39, 0.29) is 23.9 Å². The normalized spacial score (nSPS) is 17.5. The summed E-state index contributed by atoms with van der Waals surface area (Å²) in [5.41, 5.74) is 4.10. The van der Waals surface area contributed by atoms with Crippen molar-refractivity contribution < 1.29 is 14.3 Å². The van der Waals surface area contributed by atoms with Gasteiger partial charge in [0, 0.05) is 5.69 Å². The maximum Gasteiger partial charge on any atom is 0.411 e. The highest BCUT2D eigenvalue weighted by atomic mass is 32.2. The van der Waals surface area contributed by atoms with Crippen LogP contribution in [-0.2, 0) is 9.53 Å². The molecule has 1 aliphatic rings. The van der Waals surface area contributed by atoms with Gasteiger partial charge in [0.15, 0.2) is 0 Å². The van der Waals surface area contributed by atoms with Gasteiger partial charge in [0.05, 0.1) is 11.8 Å². The van der Waals surface area contributed by atoms with Crippen LogP contribution in [-0.4, -0.2) is 35.3 Å². The van der Waals surface area contributed by atoms with E-state index < -0.39 is 6.09 Å². The quantitative estimate of drug-likeness (QED) is 0.751. The molecule has 2 aromatic carbocycles. The summed E-state index contributed by atoms with van der Waals surface area (Å²) < 4.78 is 5.44. The van der Waals surface area contributed by atoms with Crippen molar-refractivity contribution in [1.82, 2.24) is 4.90 Å². The molecule has 148 valence electrons. The van der Waals surface area contributed by atoms with Gasteiger partial charge in [-0.2, -0.15) is 0 Å². The molecular weight excluding hydrogens is 372 g/mol. The fourth-order valence-electron chi connectivity index (χ4n) is 3.18. The van der Waals surface area contributed by atoms with Gasteiger partial charge in [-0.05, 0) is 38.0 Å². The highest BCUT2D eigenvalue weighted by molar-refractivity contribution is 8.00. The van der Waals surface area contributed by atoms with Gasteiger partial charge < -0.3 is 9.64 Å². The number of nitrogens with one attached hydrogen (secondary N) is 1. The van der Waals surface area contributed by atoms with Crippen molar-refractivity contribution >= 4 is 29.4 Å². The van der Waals surface area contributed by atoms with Gasteiger partial charge >= 0.3 is 6.09 Å². The number of hydrogen-bond donors (Lipinski definition) is 1. The van der Waals surface area contributed by atoms with Crippen LogP contribution in [0.2, 0.25) is 0 Å². The summed E-state index contributed by atoms with van der Waals surface area (Å²) in [7, 11) is 0. The first-order valence-corrected chi connectivity index (χ1v) is 10.5. The lowest BCUT2D eigenvalue weighted by atomic mass is 10.1. The van der Waals surface area contributed by atoms with E-state index in [1.54, 1.807) is 11.8 Å². The second kappa shape index (κ2) is 9.15. The number of ether oxygens (including phenoxy) is 1. The molecule has 28 heavy (non-hydrogen) atoms. The summed E-state index contributed by atoms with van der Waals surface area (Å²) in [5.74, 6) is 0.537. The molecule has 1 N–H and O–H groups in total. The molecule has 1 aliphatic heterocycles. The predicted octanol–water partition coefficient (Wildman–Crippen LogP) is 4.90.